The molecule has 0 bridgehead atoms. The number of aliphatic hydroxyl groups is 1. The van der Waals surface area contributed by atoms with Crippen LogP contribution in [0.25, 0.3) is 0 Å². The van der Waals surface area contributed by atoms with Crippen LogP contribution >= 0.6 is 0 Å². The number of nitrogens with one attached hydrogen (secondary N) is 2. The summed E-state index contributed by atoms with van der Waals surface area (Å²) in [5, 5.41) is 31.8. The zero-order valence-electron chi connectivity index (χ0n) is 28.0. The number of ether oxygens (including phenoxy) is 1. The predicted molar refractivity (Wildman–Crippen MR) is 175 cm³/mol. The summed E-state index contributed by atoms with van der Waals surface area (Å²) in [5.74, 6) is -3.18. The molecule has 1 atom stereocenters. The highest BCUT2D eigenvalue weighted by Gasteiger charge is 2.30. The molecule has 0 radical (unpaired) electrons. The van der Waals surface area contributed by atoms with E-state index >= 15 is 0 Å². The van der Waals surface area contributed by atoms with E-state index in [0.717, 1.165) is 38.5 Å². The lowest BCUT2D eigenvalue weighted by Gasteiger charge is -2.32. The number of hydrogen-bond acceptors (Lipinski definition) is 7. The Bertz CT molecular complexity index is 863. The summed E-state index contributed by atoms with van der Waals surface area (Å²) in [5.41, 5.74) is 0. The summed E-state index contributed by atoms with van der Waals surface area (Å²) < 4.78 is 5.04. The molecule has 3 amide bonds. The molecule has 1 heterocycles. The number of aliphatic hydroxyl groups excluding tert-OH is 1. The van der Waals surface area contributed by atoms with Crippen LogP contribution in [0.3, 0.4) is 0 Å². The van der Waals surface area contributed by atoms with Gasteiger partial charge in [0.05, 0.1) is 26.2 Å². The third-order valence-electron chi connectivity index (χ3n) is 8.56. The molecular weight excluding hydrogens is 594 g/mol. The third kappa shape index (κ3) is 21.9. The second kappa shape index (κ2) is 27.4. The van der Waals surface area contributed by atoms with Gasteiger partial charge in [-0.15, -0.1) is 0 Å². The molecule has 12 heteroatoms. The Labute approximate surface area is 275 Å². The number of carbonyl (C=O) groups is 5. The number of carboxylic acid groups (broad SMARTS) is 2. The molecule has 1 fully saturated rings. The lowest BCUT2D eigenvalue weighted by Crippen LogP contribution is -2.49. The molecule has 0 aromatic heterocycles. The molecule has 5 N–H and O–H groups in total. The van der Waals surface area contributed by atoms with Crippen LogP contribution in [0.15, 0.2) is 0 Å². The molecule has 1 saturated heterocycles. The Morgan fingerprint density at radius 3 is 1.63 bits per heavy atom. The van der Waals surface area contributed by atoms with Crippen molar-refractivity contribution in [3.05, 3.63) is 0 Å². The van der Waals surface area contributed by atoms with Crippen molar-refractivity contribution >= 4 is 29.7 Å². The standard InChI is InChI=1S/C34H61N3O9/c38-24-26-46-25-21-35-30(39)27-29(34(44)45)36-33(43)28-19-22-37(23-20-28)31(40)17-15-13-11-9-7-5-3-1-2-4-6-8-10-12-14-16-18-32(41)42/h28-29,38H,1-27H2,(H,35,39)(H,36,43)(H,41,42)(H,44,45)/t29-/m1/s1. The Balaban J connectivity index is 2.03. The van der Waals surface area contributed by atoms with Crippen LogP contribution in [0.2, 0.25) is 0 Å². The van der Waals surface area contributed by atoms with Crippen LogP contribution in [0.1, 0.15) is 135 Å². The van der Waals surface area contributed by atoms with Gasteiger partial charge in [-0.25, -0.2) is 4.79 Å². The first kappa shape index (κ1) is 41.3. The first-order chi connectivity index (χ1) is 22.2. The summed E-state index contributed by atoms with van der Waals surface area (Å²) in [7, 11) is 0. The number of hydrogen-bond donors (Lipinski definition) is 5. The molecule has 12 nitrogen and oxygen atoms in total. The van der Waals surface area contributed by atoms with Crippen molar-refractivity contribution in [2.45, 2.75) is 141 Å². The molecule has 0 aromatic rings. The van der Waals surface area contributed by atoms with Gasteiger partial charge in [0.2, 0.25) is 17.7 Å². The van der Waals surface area contributed by atoms with Crippen LogP contribution in [-0.4, -0.2) is 95.4 Å². The molecule has 46 heavy (non-hydrogen) atoms. The fraction of sp³-hybridized carbons (Fsp3) is 0.853. The van der Waals surface area contributed by atoms with Crippen molar-refractivity contribution in [1.29, 1.82) is 0 Å². The van der Waals surface area contributed by atoms with Gasteiger partial charge in [0, 0.05) is 38.4 Å². The SMILES string of the molecule is O=C(O)CCCCCCCCCCCCCCCCCCC(=O)N1CCC(C(=O)N[C@H](CC(=O)NCCOCCO)C(=O)O)CC1. The number of carbonyl (C=O) groups excluding carboxylic acids is 3. The van der Waals surface area contributed by atoms with Gasteiger partial charge >= 0.3 is 11.9 Å². The van der Waals surface area contributed by atoms with E-state index in [1.54, 1.807) is 4.90 Å². The van der Waals surface area contributed by atoms with Crippen molar-refractivity contribution in [2.75, 3.05) is 39.5 Å². The minimum Gasteiger partial charge on any atom is -0.481 e. The Kier molecular flexibility index (Phi) is 24.6. The van der Waals surface area contributed by atoms with E-state index in [9.17, 15) is 29.1 Å². The van der Waals surface area contributed by atoms with E-state index in [-0.39, 0.29) is 38.7 Å². The van der Waals surface area contributed by atoms with Gasteiger partial charge in [-0.2, -0.15) is 0 Å². The summed E-state index contributed by atoms with van der Waals surface area (Å²) >= 11 is 0. The molecular formula is C34H61N3O9. The molecule has 1 aliphatic heterocycles. The monoisotopic (exact) mass is 655 g/mol. The first-order valence-corrected chi connectivity index (χ1v) is 17.7. The number of amides is 3. The molecule has 0 unspecified atom stereocenters. The fourth-order valence-corrected chi connectivity index (χ4v) is 5.75. The summed E-state index contributed by atoms with van der Waals surface area (Å²) in [6.45, 7) is 1.34. The van der Waals surface area contributed by atoms with Gasteiger partial charge in [-0.3, -0.25) is 19.2 Å². The number of rotatable bonds is 29. The maximum atomic E-state index is 12.7. The Morgan fingerprint density at radius 2 is 1.17 bits per heavy atom. The van der Waals surface area contributed by atoms with E-state index in [4.69, 9.17) is 14.9 Å². The molecule has 0 aromatic carbocycles. The van der Waals surface area contributed by atoms with Crippen molar-refractivity contribution in [3.63, 3.8) is 0 Å². The zero-order chi connectivity index (χ0) is 33.8. The van der Waals surface area contributed by atoms with Crippen LogP contribution < -0.4 is 10.6 Å². The highest BCUT2D eigenvalue weighted by molar-refractivity contribution is 5.89. The molecule has 266 valence electrons. The summed E-state index contributed by atoms with van der Waals surface area (Å²) in [6, 6.07) is -1.33. The van der Waals surface area contributed by atoms with Crippen molar-refractivity contribution < 1.29 is 44.0 Å². The third-order valence-corrected chi connectivity index (χ3v) is 8.56. The Hall–Kier alpha value is -2.73. The number of piperidine rings is 1. The van der Waals surface area contributed by atoms with Gasteiger partial charge < -0.3 is 35.6 Å². The van der Waals surface area contributed by atoms with E-state index in [0.29, 0.717) is 38.8 Å². The minimum atomic E-state index is -1.33. The number of aliphatic carboxylic acids is 2. The number of unbranched alkanes of at least 4 members (excludes halogenated alkanes) is 15. The maximum Gasteiger partial charge on any atom is 0.326 e. The minimum absolute atomic E-state index is 0.111. The van der Waals surface area contributed by atoms with E-state index in [1.165, 1.54) is 64.2 Å². The topological polar surface area (TPSA) is 183 Å². The number of likely N-dealkylation sites (tertiary alicyclic amines) is 1. The van der Waals surface area contributed by atoms with Gasteiger partial charge in [-0.05, 0) is 25.7 Å². The second-order valence-corrected chi connectivity index (χ2v) is 12.5. The van der Waals surface area contributed by atoms with Crippen molar-refractivity contribution in [3.8, 4) is 0 Å². The average Bonchev–Trinajstić information content (AvgIpc) is 3.03. The smallest absolute Gasteiger partial charge is 0.326 e. The van der Waals surface area contributed by atoms with Crippen LogP contribution in [0.5, 0.6) is 0 Å². The summed E-state index contributed by atoms with van der Waals surface area (Å²) in [6.07, 6.45) is 20.0. The maximum absolute atomic E-state index is 12.7. The largest absolute Gasteiger partial charge is 0.481 e. The molecule has 1 aliphatic rings. The average molecular weight is 656 g/mol. The Morgan fingerprint density at radius 1 is 0.696 bits per heavy atom. The molecule has 1 rings (SSSR count). The van der Waals surface area contributed by atoms with E-state index in [2.05, 4.69) is 10.6 Å². The van der Waals surface area contributed by atoms with Gasteiger partial charge in [0.1, 0.15) is 6.04 Å². The second-order valence-electron chi connectivity index (χ2n) is 12.5. The molecule has 0 aliphatic carbocycles. The van der Waals surface area contributed by atoms with Crippen LogP contribution in [0.4, 0.5) is 0 Å². The normalized spacial score (nSPS) is 14.2. The fourth-order valence-electron chi connectivity index (χ4n) is 5.75. The van der Waals surface area contributed by atoms with Gasteiger partial charge in [-0.1, -0.05) is 89.9 Å². The lowest BCUT2D eigenvalue weighted by atomic mass is 9.95. The highest BCUT2D eigenvalue weighted by atomic mass is 16.5. The quantitative estimate of drug-likeness (QED) is 0.0729. The zero-order valence-corrected chi connectivity index (χ0v) is 28.0. The van der Waals surface area contributed by atoms with E-state index < -0.39 is 35.7 Å². The van der Waals surface area contributed by atoms with Gasteiger partial charge in [0.15, 0.2) is 0 Å². The number of carboxylic acids is 2. The highest BCUT2D eigenvalue weighted by Crippen LogP contribution is 2.20. The number of nitrogens with zero attached hydrogens (tertiary/aromatic N) is 1. The first-order valence-electron chi connectivity index (χ1n) is 17.7. The van der Waals surface area contributed by atoms with Crippen LogP contribution in [-0.2, 0) is 28.7 Å². The van der Waals surface area contributed by atoms with Crippen molar-refractivity contribution in [1.82, 2.24) is 15.5 Å². The molecule has 0 saturated carbocycles. The van der Waals surface area contributed by atoms with Gasteiger partial charge in [0.25, 0.3) is 0 Å². The van der Waals surface area contributed by atoms with Crippen LogP contribution in [0, 0.1) is 5.92 Å². The lowest BCUT2D eigenvalue weighted by molar-refractivity contribution is -0.144. The molecule has 0 spiro atoms. The predicted octanol–water partition coefficient (Wildman–Crippen LogP) is 4.42. The van der Waals surface area contributed by atoms with E-state index in [1.807, 2.05) is 0 Å². The summed E-state index contributed by atoms with van der Waals surface area (Å²) in [4.78, 5) is 61.3. The van der Waals surface area contributed by atoms with Crippen molar-refractivity contribution in [2.24, 2.45) is 5.92 Å².